The van der Waals surface area contributed by atoms with Gasteiger partial charge in [-0.05, 0) is 146 Å². The minimum absolute atomic E-state index is 0.0891. The van der Waals surface area contributed by atoms with Crippen molar-refractivity contribution < 1.29 is 0 Å². The summed E-state index contributed by atoms with van der Waals surface area (Å²) in [4.78, 5) is 2.51. The molecule has 0 aromatic heterocycles. The van der Waals surface area contributed by atoms with Crippen LogP contribution in [0.4, 0.5) is 17.1 Å². The summed E-state index contributed by atoms with van der Waals surface area (Å²) in [5, 5.41) is 0. The van der Waals surface area contributed by atoms with Gasteiger partial charge in [0.2, 0.25) is 0 Å². The number of anilines is 3. The quantitative estimate of drug-likeness (QED) is 0.172. The van der Waals surface area contributed by atoms with Gasteiger partial charge in [-0.1, -0.05) is 147 Å². The molecule has 4 aliphatic rings. The lowest BCUT2D eigenvalue weighted by molar-refractivity contribution is 0.564. The second-order valence-corrected chi connectivity index (χ2v) is 16.5. The van der Waals surface area contributed by atoms with Gasteiger partial charge in [-0.15, -0.1) is 0 Å². The van der Waals surface area contributed by atoms with E-state index in [9.17, 15) is 0 Å². The minimum Gasteiger partial charge on any atom is -0.310 e. The summed E-state index contributed by atoms with van der Waals surface area (Å²) < 4.78 is 0. The van der Waals surface area contributed by atoms with Crippen molar-refractivity contribution in [3.8, 4) is 33.4 Å². The summed E-state index contributed by atoms with van der Waals surface area (Å²) in [5.41, 5.74) is 22.7. The predicted molar refractivity (Wildman–Crippen MR) is 231 cm³/mol. The van der Waals surface area contributed by atoms with Gasteiger partial charge in [0.15, 0.2) is 0 Å². The fourth-order valence-corrected chi connectivity index (χ4v) is 10.4. The van der Waals surface area contributed by atoms with Crippen molar-refractivity contribution in [2.45, 2.75) is 50.4 Å². The Balaban J connectivity index is 1.09. The van der Waals surface area contributed by atoms with Gasteiger partial charge >= 0.3 is 0 Å². The number of fused-ring (bicyclic) bond motifs is 9. The second kappa shape index (κ2) is 12.2. The molecule has 0 N–H and O–H groups in total. The number of hydrogen-bond donors (Lipinski definition) is 0. The molecule has 264 valence electrons. The molecule has 0 heterocycles. The van der Waals surface area contributed by atoms with Crippen molar-refractivity contribution in [3.63, 3.8) is 0 Å². The molecular formula is C54H43N. The Labute approximate surface area is 325 Å². The molecule has 1 heteroatoms. The molecule has 0 atom stereocenters. The summed E-state index contributed by atoms with van der Waals surface area (Å²) in [6.07, 6.45) is 10.9. The van der Waals surface area contributed by atoms with Crippen molar-refractivity contribution >= 4 is 22.6 Å². The van der Waals surface area contributed by atoms with Gasteiger partial charge in [0.25, 0.3) is 0 Å². The number of benzene rings is 7. The number of rotatable bonds is 5. The van der Waals surface area contributed by atoms with E-state index in [1.165, 1.54) is 95.0 Å². The highest BCUT2D eigenvalue weighted by atomic mass is 15.1. The van der Waals surface area contributed by atoms with E-state index in [-0.39, 0.29) is 10.8 Å². The molecule has 7 aromatic rings. The lowest BCUT2D eigenvalue weighted by Gasteiger charge is -2.31. The molecule has 11 rings (SSSR count). The standard InChI is InChI=1S/C54H43N/c1-53(2)49-20-12-11-19-45(49)46-29-26-43(32-50(46)53)55(42-24-21-38(22-25-42)36-13-5-3-6-14-36)44-27-30-48-47-28-23-39(37-15-7-4-8-16-37)31-51(47)54(52(48)33-44)34-40-17-9-10-18-41(40)35-54/h3-5,7-13,15-33H,6,14,34-35H2,1-2H3. The lowest BCUT2D eigenvalue weighted by atomic mass is 9.75. The van der Waals surface area contributed by atoms with Crippen LogP contribution in [0.2, 0.25) is 0 Å². The van der Waals surface area contributed by atoms with Crippen LogP contribution in [-0.4, -0.2) is 0 Å². The molecule has 7 aromatic carbocycles. The summed E-state index contributed by atoms with van der Waals surface area (Å²) in [6.45, 7) is 4.76. The smallest absolute Gasteiger partial charge is 0.0465 e. The maximum atomic E-state index is 2.54. The van der Waals surface area contributed by atoms with Crippen molar-refractivity contribution in [2.24, 2.45) is 0 Å². The molecule has 0 bridgehead atoms. The van der Waals surface area contributed by atoms with E-state index >= 15 is 0 Å². The summed E-state index contributed by atoms with van der Waals surface area (Å²) >= 11 is 0. The summed E-state index contributed by atoms with van der Waals surface area (Å²) in [7, 11) is 0. The minimum atomic E-state index is -0.132. The first kappa shape index (κ1) is 32.3. The molecule has 0 fully saturated rings. The van der Waals surface area contributed by atoms with Gasteiger partial charge in [0.05, 0.1) is 0 Å². The zero-order valence-corrected chi connectivity index (χ0v) is 31.5. The first-order chi connectivity index (χ1) is 27.0. The van der Waals surface area contributed by atoms with E-state index in [2.05, 4.69) is 195 Å². The van der Waals surface area contributed by atoms with Crippen molar-refractivity contribution in [1.29, 1.82) is 0 Å². The highest BCUT2D eigenvalue weighted by molar-refractivity contribution is 5.90. The normalized spacial score (nSPS) is 16.2. The molecule has 0 aliphatic heterocycles. The molecule has 55 heavy (non-hydrogen) atoms. The third-order valence-electron chi connectivity index (χ3n) is 13.1. The van der Waals surface area contributed by atoms with Crippen molar-refractivity contribution in [2.75, 3.05) is 4.90 Å². The van der Waals surface area contributed by atoms with Gasteiger partial charge in [-0.25, -0.2) is 0 Å². The van der Waals surface area contributed by atoms with Gasteiger partial charge in [-0.2, -0.15) is 0 Å². The van der Waals surface area contributed by atoms with E-state index in [0.29, 0.717) is 0 Å². The largest absolute Gasteiger partial charge is 0.310 e. The van der Waals surface area contributed by atoms with Gasteiger partial charge < -0.3 is 4.90 Å². The maximum Gasteiger partial charge on any atom is 0.0465 e. The fraction of sp³-hybridized carbons (Fsp3) is 0.148. The third-order valence-corrected chi connectivity index (χ3v) is 13.1. The molecule has 0 unspecified atom stereocenters. The highest BCUT2D eigenvalue weighted by Crippen LogP contribution is 2.58. The third kappa shape index (κ3) is 4.92. The van der Waals surface area contributed by atoms with Crippen LogP contribution in [0.5, 0.6) is 0 Å². The Morgan fingerprint density at radius 1 is 0.455 bits per heavy atom. The maximum absolute atomic E-state index is 2.54. The van der Waals surface area contributed by atoms with Crippen LogP contribution < -0.4 is 4.90 Å². The second-order valence-electron chi connectivity index (χ2n) is 16.5. The Bertz CT molecular complexity index is 2700. The highest BCUT2D eigenvalue weighted by Gasteiger charge is 2.47. The molecule has 0 radical (unpaired) electrons. The lowest BCUT2D eigenvalue weighted by Crippen LogP contribution is -2.26. The van der Waals surface area contributed by atoms with Crippen LogP contribution in [0, 0.1) is 0 Å². The van der Waals surface area contributed by atoms with Crippen LogP contribution in [0.1, 0.15) is 65.6 Å². The molecule has 1 nitrogen and oxygen atoms in total. The van der Waals surface area contributed by atoms with E-state index in [4.69, 9.17) is 0 Å². The topological polar surface area (TPSA) is 3.24 Å². The first-order valence-electron chi connectivity index (χ1n) is 19.9. The molecule has 0 saturated carbocycles. The van der Waals surface area contributed by atoms with E-state index < -0.39 is 0 Å². The average molecular weight is 706 g/mol. The van der Waals surface area contributed by atoms with E-state index in [0.717, 1.165) is 25.7 Å². The van der Waals surface area contributed by atoms with Gasteiger partial charge in [0, 0.05) is 27.9 Å². The van der Waals surface area contributed by atoms with Crippen LogP contribution >= 0.6 is 0 Å². The Morgan fingerprint density at radius 2 is 1.02 bits per heavy atom. The SMILES string of the molecule is CC1(C)c2ccccc2-c2ccc(N(c3ccc(C4=CC=CCC4)cc3)c3ccc4c(c3)C3(Cc5ccccc5C3)c3cc(-c5ccccc5)ccc3-4)cc21. The number of hydrogen-bond acceptors (Lipinski definition) is 1. The number of allylic oxidation sites excluding steroid dienone is 4. The van der Waals surface area contributed by atoms with Crippen LogP contribution in [0.3, 0.4) is 0 Å². The predicted octanol–water partition coefficient (Wildman–Crippen LogP) is 13.9. The number of nitrogens with zero attached hydrogens (tertiary/aromatic N) is 1. The van der Waals surface area contributed by atoms with Crippen molar-refractivity contribution in [3.05, 3.63) is 215 Å². The fourth-order valence-electron chi connectivity index (χ4n) is 10.4. The van der Waals surface area contributed by atoms with Crippen LogP contribution in [-0.2, 0) is 23.7 Å². The first-order valence-corrected chi connectivity index (χ1v) is 19.9. The average Bonchev–Trinajstić information content (AvgIpc) is 3.84. The van der Waals surface area contributed by atoms with Crippen molar-refractivity contribution in [1.82, 2.24) is 0 Å². The van der Waals surface area contributed by atoms with Gasteiger partial charge in [-0.3, -0.25) is 0 Å². The Morgan fingerprint density at radius 3 is 1.73 bits per heavy atom. The summed E-state index contributed by atoms with van der Waals surface area (Å²) in [6, 6.07) is 60.0. The zero-order chi connectivity index (χ0) is 36.7. The molecular weight excluding hydrogens is 663 g/mol. The Kier molecular flexibility index (Phi) is 7.14. The van der Waals surface area contributed by atoms with E-state index in [1.54, 1.807) is 0 Å². The molecule has 0 saturated heterocycles. The van der Waals surface area contributed by atoms with E-state index in [1.807, 2.05) is 0 Å². The molecule has 0 amide bonds. The van der Waals surface area contributed by atoms with Crippen LogP contribution in [0.15, 0.2) is 176 Å². The van der Waals surface area contributed by atoms with Crippen LogP contribution in [0.25, 0.3) is 39.0 Å². The van der Waals surface area contributed by atoms with Gasteiger partial charge in [0.1, 0.15) is 0 Å². The zero-order valence-electron chi connectivity index (χ0n) is 31.5. The Hall–Kier alpha value is -6.18. The molecule has 1 spiro atoms. The monoisotopic (exact) mass is 705 g/mol. The summed E-state index contributed by atoms with van der Waals surface area (Å²) in [5.74, 6) is 0. The molecule has 4 aliphatic carbocycles.